The largest absolute Gasteiger partial charge is 0.426 e. The molecule has 0 N–H and O–H groups in total. The zero-order valence-electron chi connectivity index (χ0n) is 16.5. The number of carbonyl (C=O) groups excluding carboxylic acids is 1. The van der Waals surface area contributed by atoms with Gasteiger partial charge < -0.3 is 4.74 Å². The highest BCUT2D eigenvalue weighted by molar-refractivity contribution is 7.92. The van der Waals surface area contributed by atoms with Crippen molar-refractivity contribution in [1.29, 1.82) is 0 Å². The van der Waals surface area contributed by atoms with E-state index >= 15 is 0 Å². The molecule has 5 nitrogen and oxygen atoms in total. The summed E-state index contributed by atoms with van der Waals surface area (Å²) in [4.78, 5) is 12.7. The van der Waals surface area contributed by atoms with Crippen LogP contribution in [-0.4, -0.2) is 31.8 Å². The standard InChI is InChI=1S/C24H23NO4S/c26-24(29-23-12-6-10-20-9-4-5-11-22(20)23)21-13-16-25(17-14-21)30(27,28)18-15-19-7-2-1-3-8-19/h1-12,15,18,21H,13-14,16-17H2/b18-15+. The topological polar surface area (TPSA) is 63.7 Å². The first-order valence-corrected chi connectivity index (χ1v) is 11.5. The van der Waals surface area contributed by atoms with Gasteiger partial charge in [0.15, 0.2) is 0 Å². The minimum Gasteiger partial charge on any atom is -0.426 e. The second kappa shape index (κ2) is 8.81. The molecule has 0 atom stereocenters. The normalized spacial score (nSPS) is 16.1. The van der Waals surface area contributed by atoms with E-state index in [0.717, 1.165) is 16.3 Å². The maximum Gasteiger partial charge on any atom is 0.314 e. The Balaban J connectivity index is 1.38. The molecule has 1 fully saturated rings. The molecule has 0 bridgehead atoms. The van der Waals surface area contributed by atoms with Crippen molar-refractivity contribution in [3.05, 3.63) is 83.8 Å². The number of sulfonamides is 1. The minimum atomic E-state index is -3.52. The van der Waals surface area contributed by atoms with Gasteiger partial charge >= 0.3 is 5.97 Å². The number of nitrogens with zero attached hydrogens (tertiary/aromatic N) is 1. The molecule has 3 aromatic rings. The number of fused-ring (bicyclic) bond motifs is 1. The van der Waals surface area contributed by atoms with Gasteiger partial charge in [-0.3, -0.25) is 4.79 Å². The Labute approximate surface area is 176 Å². The Morgan fingerprint density at radius 1 is 0.900 bits per heavy atom. The van der Waals surface area contributed by atoms with Crippen molar-refractivity contribution in [2.24, 2.45) is 5.92 Å². The Morgan fingerprint density at radius 3 is 2.33 bits per heavy atom. The molecular weight excluding hydrogens is 398 g/mol. The molecule has 0 aromatic heterocycles. The smallest absolute Gasteiger partial charge is 0.314 e. The molecule has 4 rings (SSSR count). The molecule has 0 saturated carbocycles. The van der Waals surface area contributed by atoms with E-state index < -0.39 is 10.0 Å². The van der Waals surface area contributed by atoms with Gasteiger partial charge in [0, 0.05) is 23.9 Å². The predicted molar refractivity (Wildman–Crippen MR) is 118 cm³/mol. The molecule has 0 amide bonds. The van der Waals surface area contributed by atoms with Crippen LogP contribution in [0.3, 0.4) is 0 Å². The quantitative estimate of drug-likeness (QED) is 0.451. The SMILES string of the molecule is O=C(Oc1cccc2ccccc12)C1CCN(S(=O)(=O)/C=C/c2ccccc2)CC1. The van der Waals surface area contributed by atoms with Gasteiger partial charge in [-0.05, 0) is 35.9 Å². The zero-order valence-corrected chi connectivity index (χ0v) is 17.3. The van der Waals surface area contributed by atoms with E-state index in [9.17, 15) is 13.2 Å². The number of esters is 1. The molecule has 3 aromatic carbocycles. The molecule has 0 aliphatic carbocycles. The van der Waals surface area contributed by atoms with Crippen LogP contribution < -0.4 is 4.74 Å². The lowest BCUT2D eigenvalue weighted by Gasteiger charge is -2.29. The van der Waals surface area contributed by atoms with Crippen molar-refractivity contribution in [2.75, 3.05) is 13.1 Å². The third-order valence-corrected chi connectivity index (χ3v) is 6.90. The zero-order chi connectivity index (χ0) is 21.0. The monoisotopic (exact) mass is 421 g/mol. The highest BCUT2D eigenvalue weighted by atomic mass is 32.2. The van der Waals surface area contributed by atoms with E-state index in [4.69, 9.17) is 4.74 Å². The lowest BCUT2D eigenvalue weighted by Crippen LogP contribution is -2.40. The summed E-state index contributed by atoms with van der Waals surface area (Å²) >= 11 is 0. The summed E-state index contributed by atoms with van der Waals surface area (Å²) in [6, 6.07) is 22.7. The van der Waals surface area contributed by atoms with Crippen molar-refractivity contribution in [2.45, 2.75) is 12.8 Å². The van der Waals surface area contributed by atoms with Crippen LogP contribution in [0.15, 0.2) is 78.2 Å². The summed E-state index contributed by atoms with van der Waals surface area (Å²) in [7, 11) is -3.52. The van der Waals surface area contributed by atoms with Gasteiger partial charge in [-0.1, -0.05) is 66.7 Å². The number of hydrogen-bond donors (Lipinski definition) is 0. The lowest BCUT2D eigenvalue weighted by atomic mass is 9.98. The summed E-state index contributed by atoms with van der Waals surface area (Å²) in [6.45, 7) is 0.605. The van der Waals surface area contributed by atoms with Gasteiger partial charge in [0.2, 0.25) is 10.0 Å². The van der Waals surface area contributed by atoms with E-state index in [-0.39, 0.29) is 11.9 Å². The van der Waals surface area contributed by atoms with Crippen molar-refractivity contribution in [3.63, 3.8) is 0 Å². The maximum absolute atomic E-state index is 12.7. The van der Waals surface area contributed by atoms with Crippen LogP contribution in [0.25, 0.3) is 16.8 Å². The Bertz CT molecular complexity index is 1160. The molecule has 1 aliphatic heterocycles. The minimum absolute atomic E-state index is 0.302. The molecule has 30 heavy (non-hydrogen) atoms. The molecule has 1 saturated heterocycles. The number of ether oxygens (including phenoxy) is 1. The molecule has 154 valence electrons. The predicted octanol–water partition coefficient (Wildman–Crippen LogP) is 4.46. The van der Waals surface area contributed by atoms with Crippen molar-refractivity contribution < 1.29 is 17.9 Å². The summed E-state index contributed by atoms with van der Waals surface area (Å²) in [5.74, 6) is -0.0734. The number of carbonyl (C=O) groups is 1. The average molecular weight is 422 g/mol. The van der Waals surface area contributed by atoms with Crippen LogP contribution in [0.5, 0.6) is 5.75 Å². The summed E-state index contributed by atoms with van der Waals surface area (Å²) < 4.78 is 32.3. The van der Waals surface area contributed by atoms with Gasteiger partial charge in [0.1, 0.15) is 5.75 Å². The molecule has 6 heteroatoms. The summed E-state index contributed by atoms with van der Waals surface area (Å²) in [5, 5.41) is 3.13. The molecule has 1 aliphatic rings. The first-order chi connectivity index (χ1) is 14.5. The van der Waals surface area contributed by atoms with Crippen molar-refractivity contribution in [3.8, 4) is 5.75 Å². The highest BCUT2D eigenvalue weighted by Gasteiger charge is 2.31. The highest BCUT2D eigenvalue weighted by Crippen LogP contribution is 2.28. The third-order valence-electron chi connectivity index (χ3n) is 5.34. The van der Waals surface area contributed by atoms with Crippen molar-refractivity contribution in [1.82, 2.24) is 4.31 Å². The van der Waals surface area contributed by atoms with Gasteiger partial charge in [-0.2, -0.15) is 4.31 Å². The van der Waals surface area contributed by atoms with Crippen LogP contribution in [0, 0.1) is 5.92 Å². The maximum atomic E-state index is 12.7. The van der Waals surface area contributed by atoms with Crippen LogP contribution in [0.4, 0.5) is 0 Å². The van der Waals surface area contributed by atoms with Crippen LogP contribution in [-0.2, 0) is 14.8 Å². The fourth-order valence-electron chi connectivity index (χ4n) is 3.64. The number of rotatable bonds is 5. The van der Waals surface area contributed by atoms with Gasteiger partial charge in [-0.15, -0.1) is 0 Å². The Hall–Kier alpha value is -2.96. The molecule has 0 unspecified atom stereocenters. The summed E-state index contributed by atoms with van der Waals surface area (Å²) in [6.07, 6.45) is 2.49. The van der Waals surface area contributed by atoms with E-state index in [1.807, 2.05) is 66.7 Å². The van der Waals surface area contributed by atoms with E-state index in [2.05, 4.69) is 0 Å². The fourth-order valence-corrected chi connectivity index (χ4v) is 4.86. The fraction of sp³-hybridized carbons (Fsp3) is 0.208. The first kappa shape index (κ1) is 20.3. The number of piperidine rings is 1. The van der Waals surface area contributed by atoms with Crippen LogP contribution >= 0.6 is 0 Å². The van der Waals surface area contributed by atoms with Gasteiger partial charge in [-0.25, -0.2) is 8.42 Å². The van der Waals surface area contributed by atoms with E-state index in [1.165, 1.54) is 9.71 Å². The molecule has 0 radical (unpaired) electrons. The summed E-state index contributed by atoms with van der Waals surface area (Å²) in [5.41, 5.74) is 0.828. The Morgan fingerprint density at radius 2 is 1.57 bits per heavy atom. The Kier molecular flexibility index (Phi) is 5.97. The third kappa shape index (κ3) is 4.61. The van der Waals surface area contributed by atoms with Gasteiger partial charge in [0.05, 0.1) is 5.92 Å². The molecule has 0 spiro atoms. The van der Waals surface area contributed by atoms with Gasteiger partial charge in [0.25, 0.3) is 0 Å². The second-order valence-electron chi connectivity index (χ2n) is 7.33. The number of hydrogen-bond acceptors (Lipinski definition) is 4. The number of benzene rings is 3. The van der Waals surface area contributed by atoms with Crippen LogP contribution in [0.1, 0.15) is 18.4 Å². The molecule has 1 heterocycles. The molecular formula is C24H23NO4S. The second-order valence-corrected chi connectivity index (χ2v) is 9.15. The van der Waals surface area contributed by atoms with E-state index in [1.54, 1.807) is 12.1 Å². The van der Waals surface area contributed by atoms with Crippen LogP contribution in [0.2, 0.25) is 0 Å². The van der Waals surface area contributed by atoms with E-state index in [0.29, 0.717) is 31.7 Å². The average Bonchev–Trinajstić information content (AvgIpc) is 2.79. The van der Waals surface area contributed by atoms with Crippen molar-refractivity contribution >= 4 is 32.8 Å². The first-order valence-electron chi connectivity index (χ1n) is 9.96. The lowest BCUT2D eigenvalue weighted by molar-refractivity contribution is -0.140.